The maximum Gasteiger partial charge on any atom is 0.0236 e. The van der Waals surface area contributed by atoms with E-state index in [-0.39, 0.29) is 0 Å². The number of rotatable bonds is 5. The first-order valence-electron chi connectivity index (χ1n) is 7.68. The summed E-state index contributed by atoms with van der Waals surface area (Å²) in [5.74, 6) is 0.881. The van der Waals surface area contributed by atoms with E-state index in [0.717, 1.165) is 19.0 Å². The topological polar surface area (TPSA) is 15.3 Å². The Labute approximate surface area is 118 Å². The summed E-state index contributed by atoms with van der Waals surface area (Å²) >= 11 is 0. The van der Waals surface area contributed by atoms with Gasteiger partial charge in [0.25, 0.3) is 0 Å². The van der Waals surface area contributed by atoms with Crippen LogP contribution in [0.1, 0.15) is 36.5 Å². The fraction of sp³-hybridized carbons (Fsp3) is 0.647. The lowest BCUT2D eigenvalue weighted by Crippen LogP contribution is -2.36. The first-order chi connectivity index (χ1) is 9.19. The molecular formula is C17H28N2. The lowest BCUT2D eigenvalue weighted by molar-refractivity contribution is 0.207. The van der Waals surface area contributed by atoms with E-state index in [4.69, 9.17) is 0 Å². The Kier molecular flexibility index (Phi) is 5.41. The zero-order valence-corrected chi connectivity index (χ0v) is 12.7. The van der Waals surface area contributed by atoms with Gasteiger partial charge in [-0.1, -0.05) is 30.7 Å². The molecule has 0 saturated carbocycles. The van der Waals surface area contributed by atoms with Crippen LogP contribution in [0.15, 0.2) is 18.2 Å². The Morgan fingerprint density at radius 3 is 2.58 bits per heavy atom. The van der Waals surface area contributed by atoms with E-state index in [9.17, 15) is 0 Å². The van der Waals surface area contributed by atoms with Crippen molar-refractivity contribution in [2.75, 3.05) is 26.2 Å². The van der Waals surface area contributed by atoms with Gasteiger partial charge in [0, 0.05) is 13.1 Å². The molecule has 1 heterocycles. The molecule has 1 aromatic carbocycles. The van der Waals surface area contributed by atoms with Gasteiger partial charge in [0.2, 0.25) is 0 Å². The summed E-state index contributed by atoms with van der Waals surface area (Å²) < 4.78 is 0. The van der Waals surface area contributed by atoms with E-state index in [1.165, 1.54) is 49.2 Å². The lowest BCUT2D eigenvalue weighted by Gasteiger charge is -2.29. The minimum atomic E-state index is 0.881. The molecule has 2 nitrogen and oxygen atoms in total. The average Bonchev–Trinajstić information content (AvgIpc) is 2.42. The molecule has 1 N–H and O–H groups in total. The summed E-state index contributed by atoms with van der Waals surface area (Å²) in [6.07, 6.45) is 2.67. The highest BCUT2D eigenvalue weighted by atomic mass is 15.1. The predicted molar refractivity (Wildman–Crippen MR) is 82.5 cm³/mol. The highest BCUT2D eigenvalue weighted by Gasteiger charge is 2.16. The average molecular weight is 260 g/mol. The fourth-order valence-corrected chi connectivity index (χ4v) is 3.00. The van der Waals surface area contributed by atoms with Crippen LogP contribution in [0.5, 0.6) is 0 Å². The van der Waals surface area contributed by atoms with Gasteiger partial charge in [-0.25, -0.2) is 0 Å². The molecule has 2 rings (SSSR count). The van der Waals surface area contributed by atoms with E-state index in [0.29, 0.717) is 0 Å². The van der Waals surface area contributed by atoms with E-state index in [1.54, 1.807) is 0 Å². The molecule has 0 atom stereocenters. The fourth-order valence-electron chi connectivity index (χ4n) is 3.00. The van der Waals surface area contributed by atoms with Crippen LogP contribution in [0.4, 0.5) is 0 Å². The van der Waals surface area contributed by atoms with Crippen LogP contribution < -0.4 is 5.32 Å². The lowest BCUT2D eigenvalue weighted by atomic mass is 9.97. The van der Waals surface area contributed by atoms with Gasteiger partial charge < -0.3 is 5.32 Å². The number of hydrogen-bond acceptors (Lipinski definition) is 2. The molecule has 0 spiro atoms. The van der Waals surface area contributed by atoms with Crippen LogP contribution in [-0.2, 0) is 6.54 Å². The van der Waals surface area contributed by atoms with Gasteiger partial charge >= 0.3 is 0 Å². The molecule has 0 amide bonds. The standard InChI is InChI=1S/C17H28N2/c1-4-19(12-16-7-9-18-10-8-16)13-17-6-5-14(2)11-15(17)3/h5-6,11,16,18H,4,7-10,12-13H2,1-3H3. The second kappa shape index (κ2) is 7.06. The summed E-state index contributed by atoms with van der Waals surface area (Å²) in [6.45, 7) is 12.6. The van der Waals surface area contributed by atoms with E-state index < -0.39 is 0 Å². The monoisotopic (exact) mass is 260 g/mol. The molecule has 106 valence electrons. The van der Waals surface area contributed by atoms with Crippen LogP contribution in [0, 0.1) is 19.8 Å². The van der Waals surface area contributed by atoms with Crippen molar-refractivity contribution >= 4 is 0 Å². The summed E-state index contributed by atoms with van der Waals surface area (Å²) in [5, 5.41) is 3.45. The van der Waals surface area contributed by atoms with Crippen LogP contribution in [-0.4, -0.2) is 31.1 Å². The van der Waals surface area contributed by atoms with Crippen LogP contribution in [0.2, 0.25) is 0 Å². The Hall–Kier alpha value is -0.860. The molecule has 19 heavy (non-hydrogen) atoms. The van der Waals surface area contributed by atoms with Crippen LogP contribution in [0.25, 0.3) is 0 Å². The molecule has 0 bridgehead atoms. The molecular weight excluding hydrogens is 232 g/mol. The molecule has 0 aromatic heterocycles. The Morgan fingerprint density at radius 2 is 1.95 bits per heavy atom. The summed E-state index contributed by atoms with van der Waals surface area (Å²) in [7, 11) is 0. The molecule has 0 radical (unpaired) electrons. The van der Waals surface area contributed by atoms with Crippen molar-refractivity contribution in [1.82, 2.24) is 10.2 Å². The molecule has 1 aromatic rings. The van der Waals surface area contributed by atoms with Crippen molar-refractivity contribution in [3.8, 4) is 0 Å². The van der Waals surface area contributed by atoms with Crippen molar-refractivity contribution in [3.05, 3.63) is 34.9 Å². The van der Waals surface area contributed by atoms with Gasteiger partial charge in [-0.2, -0.15) is 0 Å². The molecule has 1 aliphatic rings. The third kappa shape index (κ3) is 4.32. The number of nitrogens with zero attached hydrogens (tertiary/aromatic N) is 1. The second-order valence-corrected chi connectivity index (χ2v) is 5.95. The molecule has 1 saturated heterocycles. The highest BCUT2D eigenvalue weighted by Crippen LogP contribution is 2.17. The molecule has 0 unspecified atom stereocenters. The molecule has 0 aliphatic carbocycles. The van der Waals surface area contributed by atoms with Gasteiger partial charge in [-0.3, -0.25) is 4.90 Å². The van der Waals surface area contributed by atoms with Gasteiger partial charge in [0.15, 0.2) is 0 Å². The minimum Gasteiger partial charge on any atom is -0.317 e. The first kappa shape index (κ1) is 14.5. The summed E-state index contributed by atoms with van der Waals surface area (Å²) in [6, 6.07) is 6.84. The maximum absolute atomic E-state index is 3.45. The van der Waals surface area contributed by atoms with Crippen molar-refractivity contribution in [2.24, 2.45) is 5.92 Å². The van der Waals surface area contributed by atoms with Crippen molar-refractivity contribution in [3.63, 3.8) is 0 Å². The third-order valence-electron chi connectivity index (χ3n) is 4.31. The van der Waals surface area contributed by atoms with E-state index in [1.807, 2.05) is 0 Å². The predicted octanol–water partition coefficient (Wildman–Crippen LogP) is 3.12. The van der Waals surface area contributed by atoms with Crippen molar-refractivity contribution < 1.29 is 0 Å². The minimum absolute atomic E-state index is 0.881. The smallest absolute Gasteiger partial charge is 0.0236 e. The summed E-state index contributed by atoms with van der Waals surface area (Å²) in [5.41, 5.74) is 4.28. The third-order valence-corrected chi connectivity index (χ3v) is 4.31. The SMILES string of the molecule is CCN(Cc1ccc(C)cc1C)CC1CCNCC1. The van der Waals surface area contributed by atoms with Crippen molar-refractivity contribution in [2.45, 2.75) is 40.2 Å². The quantitative estimate of drug-likeness (QED) is 0.875. The molecule has 2 heteroatoms. The number of aryl methyl sites for hydroxylation is 2. The van der Waals surface area contributed by atoms with E-state index in [2.05, 4.69) is 49.2 Å². The number of benzene rings is 1. The number of nitrogens with one attached hydrogen (secondary N) is 1. The van der Waals surface area contributed by atoms with Gasteiger partial charge in [-0.15, -0.1) is 0 Å². The largest absolute Gasteiger partial charge is 0.317 e. The zero-order chi connectivity index (χ0) is 13.7. The Balaban J connectivity index is 1.94. The highest BCUT2D eigenvalue weighted by molar-refractivity contribution is 5.30. The molecule has 1 fully saturated rings. The van der Waals surface area contributed by atoms with Crippen LogP contribution in [0.3, 0.4) is 0 Å². The number of hydrogen-bond donors (Lipinski definition) is 1. The van der Waals surface area contributed by atoms with E-state index >= 15 is 0 Å². The maximum atomic E-state index is 3.45. The van der Waals surface area contributed by atoms with Crippen LogP contribution >= 0.6 is 0 Å². The Morgan fingerprint density at radius 1 is 1.21 bits per heavy atom. The molecule has 1 aliphatic heterocycles. The van der Waals surface area contributed by atoms with Gasteiger partial charge in [-0.05, 0) is 63.4 Å². The van der Waals surface area contributed by atoms with Gasteiger partial charge in [0.1, 0.15) is 0 Å². The summed E-state index contributed by atoms with van der Waals surface area (Å²) in [4.78, 5) is 2.60. The normalized spacial score (nSPS) is 17.1. The Bertz CT molecular complexity index is 394. The number of piperidine rings is 1. The zero-order valence-electron chi connectivity index (χ0n) is 12.7. The first-order valence-corrected chi connectivity index (χ1v) is 7.68. The van der Waals surface area contributed by atoms with Gasteiger partial charge in [0.05, 0.1) is 0 Å². The second-order valence-electron chi connectivity index (χ2n) is 5.95. The van der Waals surface area contributed by atoms with Crippen molar-refractivity contribution in [1.29, 1.82) is 0 Å².